The lowest BCUT2D eigenvalue weighted by molar-refractivity contribution is -0.161. The average Bonchev–Trinajstić information content (AvgIpc) is 3.77. The molecule has 0 aliphatic carbocycles. The van der Waals surface area contributed by atoms with Crippen LogP contribution in [0.2, 0.25) is 0 Å². The smallest absolute Gasteiger partial charge is 0.388 e. The van der Waals surface area contributed by atoms with Gasteiger partial charge in [-0.05, 0) is 54.0 Å². The van der Waals surface area contributed by atoms with Crippen molar-refractivity contribution >= 4 is 31.4 Å². The largest absolute Gasteiger partial charge is 0.438 e. The second kappa shape index (κ2) is 26.2. The fraction of sp³-hybridized carbons (Fsp3) is 0.780. The Morgan fingerprint density at radius 3 is 1.88 bits per heavy atom. The molecule has 4 unspecified atom stereocenters. The summed E-state index contributed by atoms with van der Waals surface area (Å²) in [6, 6.07) is 0. The minimum absolute atomic E-state index is 0.0962. The highest BCUT2D eigenvalue weighted by Crippen LogP contribution is 2.46. The van der Waals surface area contributed by atoms with Crippen LogP contribution in [0.25, 0.3) is 0 Å². The molecule has 332 valence electrons. The van der Waals surface area contributed by atoms with Gasteiger partial charge in [-0.3, -0.25) is 32.9 Å². The van der Waals surface area contributed by atoms with Crippen molar-refractivity contribution in [1.82, 2.24) is 25.2 Å². The summed E-state index contributed by atoms with van der Waals surface area (Å²) in [7, 11) is -2.69. The highest BCUT2D eigenvalue weighted by atomic mass is 31.2. The third-order valence-corrected chi connectivity index (χ3v) is 11.2. The average molecular weight is 842 g/mol. The number of carbonyl (C=O) groups excluding carboxylic acids is 3. The Kier molecular flexibility index (Phi) is 23.0. The van der Waals surface area contributed by atoms with E-state index < -0.39 is 68.5 Å². The van der Waals surface area contributed by atoms with Crippen molar-refractivity contribution in [3.63, 3.8) is 0 Å². The van der Waals surface area contributed by atoms with Gasteiger partial charge in [0.2, 0.25) is 20.0 Å². The number of likely N-dealkylation sites (N-methyl/N-ethyl adjacent to an activating group) is 1. The van der Waals surface area contributed by atoms with Gasteiger partial charge in [0.25, 0.3) is 0 Å². The summed E-state index contributed by atoms with van der Waals surface area (Å²) in [5.74, 6) is -1.22. The van der Waals surface area contributed by atoms with Gasteiger partial charge in [-0.15, -0.1) is 5.10 Å². The van der Waals surface area contributed by atoms with Crippen LogP contribution >= 0.6 is 7.60 Å². The summed E-state index contributed by atoms with van der Waals surface area (Å²) < 4.78 is 48.8. The highest BCUT2D eigenvalue weighted by molar-refractivity contribution is 7.61. The molecule has 16 nitrogen and oxygen atoms in total. The Hall–Kier alpha value is -3.14. The Morgan fingerprint density at radius 2 is 1.41 bits per heavy atom. The number of nitrogens with zero attached hydrogens (tertiary/aromatic N) is 4. The molecule has 1 aliphatic rings. The molecule has 58 heavy (non-hydrogen) atoms. The highest BCUT2D eigenvalue weighted by Gasteiger charge is 2.47. The lowest BCUT2D eigenvalue weighted by Crippen LogP contribution is -2.43. The fourth-order valence-electron chi connectivity index (χ4n) is 5.83. The van der Waals surface area contributed by atoms with Crippen LogP contribution in [0.3, 0.4) is 0 Å². The molecule has 2 rings (SSSR count). The van der Waals surface area contributed by atoms with Crippen molar-refractivity contribution in [1.29, 1.82) is 0 Å². The predicted octanol–water partition coefficient (Wildman–Crippen LogP) is 6.88. The van der Waals surface area contributed by atoms with Gasteiger partial charge in [0.1, 0.15) is 18.3 Å². The Morgan fingerprint density at radius 1 is 0.914 bits per heavy atom. The van der Waals surface area contributed by atoms with E-state index in [1.165, 1.54) is 92.6 Å². The number of rotatable bonds is 30. The number of esters is 2. The van der Waals surface area contributed by atoms with Crippen molar-refractivity contribution in [2.45, 2.75) is 169 Å². The quantitative estimate of drug-likeness (QED) is 0.0204. The first kappa shape index (κ1) is 51.0. The molecule has 0 radical (unpaired) electrons. The SMILES string of the molecule is C=C(/C=C\N(C=O)C1OC(Cn2cc(P(=O)(OCOC(=O)C(C)(C)C)OCOC(=O)C(C)(C)C)nn2)C(O)C1OCCCCCCCCCCCCCCCC)NC. The predicted molar refractivity (Wildman–Crippen MR) is 220 cm³/mol. The molecular weight excluding hydrogens is 769 g/mol. The van der Waals surface area contributed by atoms with E-state index in [0.29, 0.717) is 18.7 Å². The van der Waals surface area contributed by atoms with Crippen molar-refractivity contribution in [3.8, 4) is 0 Å². The molecule has 1 aromatic rings. The van der Waals surface area contributed by atoms with Crippen molar-refractivity contribution in [2.24, 2.45) is 10.8 Å². The van der Waals surface area contributed by atoms with E-state index in [1.54, 1.807) is 54.7 Å². The minimum atomic E-state index is -4.39. The number of aliphatic hydroxyl groups is 1. The zero-order valence-corrected chi connectivity index (χ0v) is 37.2. The standard InChI is InChI=1S/C41H72N5O11P/c1-10-11-12-13-14-15-16-17-18-19-20-21-22-23-26-52-36-35(48)33(57-37(36)45(29-47)25-24-32(2)42-9)27-46-28-34(43-44-46)58(51,55-30-53-38(49)40(3,4)5)56-31-54-39(50)41(6,7)8/h24-25,28-29,33,35-37,42,48H,2,10-23,26-27,30-31H2,1,3-9H3/b25-24-. The number of unbranched alkanes of at least 4 members (excludes halogenated alkanes) is 13. The summed E-state index contributed by atoms with van der Waals surface area (Å²) in [5.41, 5.74) is -1.44. The van der Waals surface area contributed by atoms with E-state index in [1.807, 2.05) is 0 Å². The third-order valence-electron chi connectivity index (χ3n) is 9.53. The van der Waals surface area contributed by atoms with E-state index in [4.69, 9.17) is 28.0 Å². The van der Waals surface area contributed by atoms with Crippen LogP contribution in [0.15, 0.2) is 30.7 Å². The van der Waals surface area contributed by atoms with Gasteiger partial charge in [0, 0.05) is 25.6 Å². The van der Waals surface area contributed by atoms with Crippen LogP contribution in [0.5, 0.6) is 0 Å². The molecule has 0 bridgehead atoms. The van der Waals surface area contributed by atoms with Crippen LogP contribution in [0.1, 0.15) is 138 Å². The van der Waals surface area contributed by atoms with Gasteiger partial charge in [0.05, 0.1) is 23.6 Å². The van der Waals surface area contributed by atoms with Gasteiger partial charge in [-0.1, -0.05) is 102 Å². The molecule has 1 aliphatic heterocycles. The maximum absolute atomic E-state index is 14.0. The molecule has 1 saturated heterocycles. The zero-order valence-electron chi connectivity index (χ0n) is 36.3. The van der Waals surface area contributed by atoms with Crippen LogP contribution in [0.4, 0.5) is 0 Å². The molecule has 1 fully saturated rings. The van der Waals surface area contributed by atoms with Crippen LogP contribution < -0.4 is 10.8 Å². The Balaban J connectivity index is 2.07. The van der Waals surface area contributed by atoms with E-state index in [0.717, 1.165) is 19.3 Å². The number of hydrogen-bond acceptors (Lipinski definition) is 14. The summed E-state index contributed by atoms with van der Waals surface area (Å²) in [6.45, 7) is 14.8. The van der Waals surface area contributed by atoms with E-state index in [2.05, 4.69) is 29.1 Å². The normalized spacial score (nSPS) is 18.7. The van der Waals surface area contributed by atoms with Gasteiger partial charge >= 0.3 is 19.5 Å². The summed E-state index contributed by atoms with van der Waals surface area (Å²) in [5, 5.41) is 22.4. The monoisotopic (exact) mass is 841 g/mol. The molecule has 0 saturated carbocycles. The zero-order chi connectivity index (χ0) is 43.2. The molecule has 2 N–H and O–H groups in total. The van der Waals surface area contributed by atoms with Crippen molar-refractivity contribution in [2.75, 3.05) is 27.2 Å². The Bertz CT molecular complexity index is 1420. The van der Waals surface area contributed by atoms with Gasteiger partial charge in [0.15, 0.2) is 11.7 Å². The number of amides is 1. The molecule has 2 heterocycles. The van der Waals surface area contributed by atoms with Crippen molar-refractivity contribution in [3.05, 3.63) is 30.7 Å². The molecule has 4 atom stereocenters. The van der Waals surface area contributed by atoms with Gasteiger partial charge < -0.3 is 29.4 Å². The second-order valence-corrected chi connectivity index (χ2v) is 18.8. The van der Waals surface area contributed by atoms with E-state index in [9.17, 15) is 24.1 Å². The number of allylic oxidation sites excluding steroid dienone is 1. The first-order valence-corrected chi connectivity index (χ1v) is 22.4. The first-order valence-electron chi connectivity index (χ1n) is 20.8. The minimum Gasteiger partial charge on any atom is -0.438 e. The molecule has 0 spiro atoms. The number of nitrogens with one attached hydrogen (secondary N) is 1. The summed E-state index contributed by atoms with van der Waals surface area (Å²) in [6.07, 6.45) is 18.1. The third kappa shape index (κ3) is 18.4. The number of ether oxygens (including phenoxy) is 4. The van der Waals surface area contributed by atoms with E-state index in [-0.39, 0.29) is 12.0 Å². The number of aromatic nitrogens is 3. The Labute approximate surface area is 346 Å². The number of aliphatic hydroxyl groups excluding tert-OH is 1. The lowest BCUT2D eigenvalue weighted by atomic mass is 9.98. The fourth-order valence-corrected chi connectivity index (χ4v) is 6.98. The molecular formula is C41H72N5O11P. The number of carbonyl (C=O) groups is 3. The summed E-state index contributed by atoms with van der Waals surface area (Å²) >= 11 is 0. The van der Waals surface area contributed by atoms with Crippen LogP contribution in [-0.4, -0.2) is 95.1 Å². The molecule has 17 heteroatoms. The molecule has 0 aromatic carbocycles. The van der Waals surface area contributed by atoms with Gasteiger partial charge in [-0.2, -0.15) is 0 Å². The van der Waals surface area contributed by atoms with Crippen LogP contribution in [-0.2, 0) is 53.5 Å². The molecule has 1 aromatic heterocycles. The first-order chi connectivity index (χ1) is 27.5. The molecule has 1 amide bonds. The maximum Gasteiger partial charge on any atom is 0.388 e. The van der Waals surface area contributed by atoms with Gasteiger partial charge in [-0.25, -0.2) is 4.68 Å². The van der Waals surface area contributed by atoms with Crippen LogP contribution in [0, 0.1) is 10.8 Å². The second-order valence-electron chi connectivity index (χ2n) is 16.8. The van der Waals surface area contributed by atoms with E-state index >= 15 is 0 Å². The maximum atomic E-state index is 14.0. The topological polar surface area (TPSA) is 190 Å². The lowest BCUT2D eigenvalue weighted by Gasteiger charge is -2.26. The number of hydrogen-bond donors (Lipinski definition) is 2. The van der Waals surface area contributed by atoms with Crippen molar-refractivity contribution < 1.29 is 52.1 Å². The summed E-state index contributed by atoms with van der Waals surface area (Å²) in [4.78, 5) is 38.2.